The van der Waals surface area contributed by atoms with E-state index in [1.54, 1.807) is 6.08 Å². The standard InChI is InChI=1S/C24H25NO10S2/c1-12(26)31-11-17-19(32-13(2)27)20(33-14(3)28)21(34-15(4)29)23(35-17)37-24-25-22(30)18(36-24)10-16-8-6-5-7-9-16/h5-10,17,19-21,23H,11H2,1-4H3/b18-10+. The van der Waals surface area contributed by atoms with Gasteiger partial charge in [-0.1, -0.05) is 53.9 Å². The first-order chi connectivity index (χ1) is 17.5. The average molecular weight is 552 g/mol. The van der Waals surface area contributed by atoms with Gasteiger partial charge in [0.1, 0.15) is 17.1 Å². The summed E-state index contributed by atoms with van der Waals surface area (Å²) in [5.74, 6) is -3.23. The van der Waals surface area contributed by atoms with Crippen LogP contribution in [-0.2, 0) is 47.7 Å². The van der Waals surface area contributed by atoms with Crippen molar-refractivity contribution in [1.82, 2.24) is 0 Å². The molecule has 1 aromatic rings. The molecule has 5 atom stereocenters. The zero-order valence-electron chi connectivity index (χ0n) is 20.4. The smallest absolute Gasteiger partial charge is 0.303 e. The molecule has 2 aliphatic rings. The van der Waals surface area contributed by atoms with Crippen molar-refractivity contribution in [3.05, 3.63) is 40.8 Å². The van der Waals surface area contributed by atoms with Crippen LogP contribution in [-0.4, -0.2) is 70.6 Å². The van der Waals surface area contributed by atoms with E-state index in [4.69, 9.17) is 23.7 Å². The molecule has 0 aromatic heterocycles. The second kappa shape index (κ2) is 12.9. The predicted octanol–water partition coefficient (Wildman–Crippen LogP) is 2.47. The molecule has 13 heteroatoms. The topological polar surface area (TPSA) is 144 Å². The maximum atomic E-state index is 12.5. The van der Waals surface area contributed by atoms with Crippen molar-refractivity contribution < 1.29 is 47.7 Å². The highest BCUT2D eigenvalue weighted by Crippen LogP contribution is 2.41. The summed E-state index contributed by atoms with van der Waals surface area (Å²) >= 11 is 2.07. The van der Waals surface area contributed by atoms with E-state index in [1.165, 1.54) is 6.92 Å². The van der Waals surface area contributed by atoms with Gasteiger partial charge in [-0.2, -0.15) is 4.99 Å². The maximum Gasteiger partial charge on any atom is 0.303 e. The maximum absolute atomic E-state index is 12.5. The lowest BCUT2D eigenvalue weighted by Crippen LogP contribution is -2.61. The third kappa shape index (κ3) is 8.17. The van der Waals surface area contributed by atoms with E-state index in [-0.39, 0.29) is 6.61 Å². The van der Waals surface area contributed by atoms with Crippen LogP contribution < -0.4 is 0 Å². The Morgan fingerprint density at radius 2 is 1.51 bits per heavy atom. The van der Waals surface area contributed by atoms with Gasteiger partial charge in [-0.05, 0) is 11.6 Å². The summed E-state index contributed by atoms with van der Waals surface area (Å²) in [7, 11) is 0. The number of thioether (sulfide) groups is 2. The van der Waals surface area contributed by atoms with Crippen molar-refractivity contribution in [3.8, 4) is 0 Å². The van der Waals surface area contributed by atoms with Crippen LogP contribution in [0.2, 0.25) is 0 Å². The van der Waals surface area contributed by atoms with Crippen LogP contribution in [0.1, 0.15) is 33.3 Å². The number of hydrogen-bond donors (Lipinski definition) is 0. The third-order valence-corrected chi connectivity index (χ3v) is 7.08. The van der Waals surface area contributed by atoms with E-state index in [9.17, 15) is 24.0 Å². The quantitative estimate of drug-likeness (QED) is 0.279. The van der Waals surface area contributed by atoms with E-state index >= 15 is 0 Å². The van der Waals surface area contributed by atoms with Crippen LogP contribution in [0, 0.1) is 0 Å². The van der Waals surface area contributed by atoms with Gasteiger partial charge in [0, 0.05) is 27.7 Å². The molecular weight excluding hydrogens is 526 g/mol. The Morgan fingerprint density at radius 3 is 2.11 bits per heavy atom. The summed E-state index contributed by atoms with van der Waals surface area (Å²) in [5.41, 5.74) is -0.247. The molecule has 3 rings (SSSR count). The van der Waals surface area contributed by atoms with Crippen LogP contribution >= 0.6 is 23.5 Å². The van der Waals surface area contributed by atoms with E-state index in [1.807, 2.05) is 30.3 Å². The van der Waals surface area contributed by atoms with Gasteiger partial charge >= 0.3 is 23.9 Å². The predicted molar refractivity (Wildman–Crippen MR) is 134 cm³/mol. The Balaban J connectivity index is 1.90. The first-order valence-corrected chi connectivity index (χ1v) is 12.8. The zero-order chi connectivity index (χ0) is 27.1. The first kappa shape index (κ1) is 28.4. The number of nitrogens with zero attached hydrogens (tertiary/aromatic N) is 1. The monoisotopic (exact) mass is 551 g/mol. The molecule has 198 valence electrons. The lowest BCUT2D eigenvalue weighted by Gasteiger charge is -2.44. The first-order valence-electron chi connectivity index (χ1n) is 11.1. The largest absolute Gasteiger partial charge is 0.463 e. The third-order valence-electron chi connectivity index (χ3n) is 4.86. The van der Waals surface area contributed by atoms with E-state index in [0.717, 1.165) is 49.9 Å². The van der Waals surface area contributed by atoms with Gasteiger partial charge in [0.25, 0.3) is 5.91 Å². The second-order valence-corrected chi connectivity index (χ2v) is 10.3. The van der Waals surface area contributed by atoms with Crippen LogP contribution in [0.5, 0.6) is 0 Å². The van der Waals surface area contributed by atoms with Crippen LogP contribution in [0.15, 0.2) is 40.2 Å². The molecule has 5 unspecified atom stereocenters. The number of esters is 4. The lowest BCUT2D eigenvalue weighted by molar-refractivity contribution is -0.237. The summed E-state index contributed by atoms with van der Waals surface area (Å²) in [6.45, 7) is 4.30. The van der Waals surface area contributed by atoms with E-state index in [0.29, 0.717) is 9.28 Å². The highest BCUT2D eigenvalue weighted by molar-refractivity contribution is 8.41. The molecule has 11 nitrogen and oxygen atoms in total. The second-order valence-electron chi connectivity index (χ2n) is 7.89. The number of ether oxygens (including phenoxy) is 5. The van der Waals surface area contributed by atoms with Gasteiger partial charge in [-0.15, -0.1) is 0 Å². The number of aliphatic imine (C=N–C) groups is 1. The van der Waals surface area contributed by atoms with E-state index in [2.05, 4.69) is 4.99 Å². The highest BCUT2D eigenvalue weighted by atomic mass is 32.2. The van der Waals surface area contributed by atoms with Gasteiger partial charge in [-0.3, -0.25) is 24.0 Å². The average Bonchev–Trinajstić information content (AvgIpc) is 3.14. The van der Waals surface area contributed by atoms with Gasteiger partial charge in [0.2, 0.25) is 0 Å². The zero-order valence-corrected chi connectivity index (χ0v) is 22.0. The fourth-order valence-corrected chi connectivity index (χ4v) is 5.79. The van der Waals surface area contributed by atoms with Crippen molar-refractivity contribution in [2.45, 2.75) is 57.5 Å². The van der Waals surface area contributed by atoms with Crippen LogP contribution in [0.25, 0.3) is 6.08 Å². The van der Waals surface area contributed by atoms with Crippen molar-refractivity contribution in [2.24, 2.45) is 4.99 Å². The Kier molecular flexibility index (Phi) is 9.89. The summed E-state index contributed by atoms with van der Waals surface area (Å²) in [6.07, 6.45) is -3.18. The van der Waals surface area contributed by atoms with Gasteiger partial charge in [0.05, 0.1) is 4.91 Å². The molecule has 1 saturated heterocycles. The molecule has 1 fully saturated rings. The number of carbonyl (C=O) groups excluding carboxylic acids is 5. The number of amides is 1. The number of carbonyl (C=O) groups is 5. The summed E-state index contributed by atoms with van der Waals surface area (Å²) in [5, 5.41) is 0. The molecule has 2 aliphatic heterocycles. The number of rotatable bonds is 7. The molecular formula is C24H25NO10S2. The van der Waals surface area contributed by atoms with Crippen LogP contribution in [0.4, 0.5) is 0 Å². The molecule has 1 amide bonds. The SMILES string of the molecule is CC(=O)OCC1OC(SC2=NC(=O)/C(=C\c3ccccc3)S2)C(OC(C)=O)C(OC(C)=O)C1OC(C)=O. The van der Waals surface area contributed by atoms with E-state index < -0.39 is 59.6 Å². The Labute approximate surface area is 221 Å². The summed E-state index contributed by atoms with van der Waals surface area (Å²) in [6, 6.07) is 9.21. The summed E-state index contributed by atoms with van der Waals surface area (Å²) < 4.78 is 27.6. The van der Waals surface area contributed by atoms with Gasteiger partial charge in [0.15, 0.2) is 23.7 Å². The van der Waals surface area contributed by atoms with Crippen LogP contribution in [0.3, 0.4) is 0 Å². The molecule has 2 heterocycles. The number of hydrogen-bond acceptors (Lipinski definition) is 12. The molecule has 1 aromatic carbocycles. The molecule has 0 N–H and O–H groups in total. The minimum absolute atomic E-state index is 0.299. The highest BCUT2D eigenvalue weighted by Gasteiger charge is 2.53. The molecule has 0 radical (unpaired) electrons. The Morgan fingerprint density at radius 1 is 0.919 bits per heavy atom. The van der Waals surface area contributed by atoms with Crippen molar-refractivity contribution in [3.63, 3.8) is 0 Å². The molecule has 37 heavy (non-hydrogen) atoms. The molecule has 0 aliphatic carbocycles. The van der Waals surface area contributed by atoms with Crippen molar-refractivity contribution in [2.75, 3.05) is 6.61 Å². The molecule has 0 saturated carbocycles. The van der Waals surface area contributed by atoms with Crippen molar-refractivity contribution >= 4 is 63.8 Å². The minimum Gasteiger partial charge on any atom is -0.463 e. The van der Waals surface area contributed by atoms with Crippen molar-refractivity contribution in [1.29, 1.82) is 0 Å². The lowest BCUT2D eigenvalue weighted by atomic mass is 9.99. The number of benzene rings is 1. The van der Waals surface area contributed by atoms with Gasteiger partial charge < -0.3 is 23.7 Å². The molecule has 0 spiro atoms. The normalized spacial score (nSPS) is 26.3. The molecule has 0 bridgehead atoms. The Bertz CT molecular complexity index is 1120. The fourth-order valence-electron chi connectivity index (χ4n) is 3.52. The van der Waals surface area contributed by atoms with Gasteiger partial charge in [-0.25, -0.2) is 0 Å². The summed E-state index contributed by atoms with van der Waals surface area (Å²) in [4.78, 5) is 64.1. The minimum atomic E-state index is -1.29. The fraction of sp³-hybridized carbons (Fsp3) is 0.417. The Hall–Kier alpha value is -3.16.